The zero-order chi connectivity index (χ0) is 10.8. The van der Waals surface area contributed by atoms with Crippen LogP contribution in [0, 0.1) is 5.92 Å². The van der Waals surface area contributed by atoms with E-state index in [1.54, 1.807) is 0 Å². The molecule has 0 aliphatic carbocycles. The van der Waals surface area contributed by atoms with Crippen molar-refractivity contribution in [2.45, 2.75) is 39.2 Å². The van der Waals surface area contributed by atoms with Crippen LogP contribution >= 0.6 is 11.8 Å². The summed E-state index contributed by atoms with van der Waals surface area (Å²) in [7, 11) is 0. The van der Waals surface area contributed by atoms with Crippen LogP contribution in [0.2, 0.25) is 0 Å². The predicted molar refractivity (Wildman–Crippen MR) is 65.9 cm³/mol. The second-order valence-electron chi connectivity index (χ2n) is 4.16. The molecule has 1 atom stereocenters. The van der Waals surface area contributed by atoms with Crippen molar-refractivity contribution < 1.29 is 5.11 Å². The molecule has 0 spiro atoms. The molecule has 2 nitrogen and oxygen atoms in total. The molecule has 0 aliphatic rings. The molecule has 0 saturated carbocycles. The van der Waals surface area contributed by atoms with Crippen molar-refractivity contribution in [2.75, 3.05) is 25.2 Å². The van der Waals surface area contributed by atoms with E-state index in [4.69, 9.17) is 5.11 Å². The highest BCUT2D eigenvalue weighted by atomic mass is 32.2. The smallest absolute Gasteiger partial charge is 0.0584 e. The van der Waals surface area contributed by atoms with E-state index in [-0.39, 0.29) is 6.61 Å². The summed E-state index contributed by atoms with van der Waals surface area (Å²) in [6, 6.07) is 0.296. The minimum absolute atomic E-state index is 0.265. The minimum atomic E-state index is 0.265. The Labute approximate surface area is 92.9 Å². The highest BCUT2D eigenvalue weighted by molar-refractivity contribution is 7.98. The topological polar surface area (TPSA) is 32.3 Å². The third kappa shape index (κ3) is 8.85. The first-order valence-electron chi connectivity index (χ1n) is 5.53. The van der Waals surface area contributed by atoms with Gasteiger partial charge in [0.2, 0.25) is 0 Å². The highest BCUT2D eigenvalue weighted by Crippen LogP contribution is 2.04. The Morgan fingerprint density at radius 3 is 2.50 bits per heavy atom. The average molecular weight is 219 g/mol. The molecule has 0 aromatic heterocycles. The summed E-state index contributed by atoms with van der Waals surface area (Å²) in [5.41, 5.74) is 0. The lowest BCUT2D eigenvalue weighted by Crippen LogP contribution is -2.34. The zero-order valence-corrected chi connectivity index (χ0v) is 10.6. The fourth-order valence-electron chi connectivity index (χ4n) is 1.47. The van der Waals surface area contributed by atoms with Crippen LogP contribution in [0.3, 0.4) is 0 Å². The Morgan fingerprint density at radius 2 is 2.00 bits per heavy atom. The molecule has 0 amide bonds. The van der Waals surface area contributed by atoms with E-state index >= 15 is 0 Å². The van der Waals surface area contributed by atoms with Crippen molar-refractivity contribution >= 4 is 11.8 Å². The van der Waals surface area contributed by atoms with Gasteiger partial charge < -0.3 is 10.4 Å². The summed E-state index contributed by atoms with van der Waals surface area (Å²) in [5.74, 6) is 1.90. The van der Waals surface area contributed by atoms with E-state index in [9.17, 15) is 0 Å². The lowest BCUT2D eigenvalue weighted by Gasteiger charge is -2.18. The molecule has 1 unspecified atom stereocenters. The third-order valence-electron chi connectivity index (χ3n) is 2.18. The summed E-state index contributed by atoms with van der Waals surface area (Å²) in [6.07, 6.45) is 5.70. The van der Waals surface area contributed by atoms with Crippen molar-refractivity contribution in [2.24, 2.45) is 5.92 Å². The van der Waals surface area contributed by atoms with Crippen molar-refractivity contribution in [1.82, 2.24) is 5.32 Å². The molecule has 0 heterocycles. The van der Waals surface area contributed by atoms with Gasteiger partial charge in [-0.05, 0) is 43.7 Å². The highest BCUT2D eigenvalue weighted by Gasteiger charge is 2.07. The quantitative estimate of drug-likeness (QED) is 0.583. The Hall–Kier alpha value is 0.270. The molecule has 0 aromatic carbocycles. The Kier molecular flexibility index (Phi) is 10.0. The third-order valence-corrected chi connectivity index (χ3v) is 2.88. The standard InChI is InChI=1S/C11H25NOS/c1-10(2)8-11(9-13)12-6-4-5-7-14-3/h10-13H,4-9H2,1-3H3. The van der Waals surface area contributed by atoms with E-state index in [1.165, 1.54) is 18.6 Å². The number of aliphatic hydroxyl groups is 1. The largest absolute Gasteiger partial charge is 0.395 e. The first-order valence-corrected chi connectivity index (χ1v) is 6.93. The van der Waals surface area contributed by atoms with Crippen LogP contribution in [0.15, 0.2) is 0 Å². The van der Waals surface area contributed by atoms with E-state index in [0.717, 1.165) is 13.0 Å². The van der Waals surface area contributed by atoms with Gasteiger partial charge in [0.15, 0.2) is 0 Å². The Balaban J connectivity index is 3.33. The molecule has 0 saturated heterocycles. The summed E-state index contributed by atoms with van der Waals surface area (Å²) < 4.78 is 0. The molecule has 0 aromatic rings. The number of aliphatic hydroxyl groups excluding tert-OH is 1. The number of nitrogens with one attached hydrogen (secondary N) is 1. The van der Waals surface area contributed by atoms with Crippen LogP contribution in [0.5, 0.6) is 0 Å². The van der Waals surface area contributed by atoms with Crippen LogP contribution in [-0.4, -0.2) is 36.3 Å². The van der Waals surface area contributed by atoms with Gasteiger partial charge in [-0.15, -0.1) is 0 Å². The molecular formula is C11H25NOS. The summed E-state index contributed by atoms with van der Waals surface area (Å²) in [6.45, 7) is 5.69. The van der Waals surface area contributed by atoms with Crippen molar-refractivity contribution in [3.63, 3.8) is 0 Å². The van der Waals surface area contributed by atoms with Gasteiger partial charge in [0.1, 0.15) is 0 Å². The molecule has 3 heteroatoms. The molecule has 0 radical (unpaired) electrons. The normalized spacial score (nSPS) is 13.5. The fourth-order valence-corrected chi connectivity index (χ4v) is 1.96. The second kappa shape index (κ2) is 9.81. The van der Waals surface area contributed by atoms with E-state index in [1.807, 2.05) is 11.8 Å². The van der Waals surface area contributed by atoms with Crippen LogP contribution in [0.25, 0.3) is 0 Å². The van der Waals surface area contributed by atoms with E-state index < -0.39 is 0 Å². The van der Waals surface area contributed by atoms with Crippen LogP contribution < -0.4 is 5.32 Å². The summed E-state index contributed by atoms with van der Waals surface area (Å²) in [4.78, 5) is 0. The molecule has 0 bridgehead atoms. The van der Waals surface area contributed by atoms with Crippen molar-refractivity contribution in [1.29, 1.82) is 0 Å². The number of unbranched alkanes of at least 4 members (excludes halogenated alkanes) is 1. The monoisotopic (exact) mass is 219 g/mol. The predicted octanol–water partition coefficient (Wildman–Crippen LogP) is 2.13. The van der Waals surface area contributed by atoms with Crippen molar-refractivity contribution in [3.05, 3.63) is 0 Å². The lowest BCUT2D eigenvalue weighted by atomic mass is 10.0. The maximum absolute atomic E-state index is 9.11. The lowest BCUT2D eigenvalue weighted by molar-refractivity contribution is 0.224. The van der Waals surface area contributed by atoms with Gasteiger partial charge in [0.05, 0.1) is 6.61 Å². The SMILES string of the molecule is CSCCCCNC(CO)CC(C)C. The first kappa shape index (κ1) is 14.3. The van der Waals surface area contributed by atoms with Gasteiger partial charge in [-0.3, -0.25) is 0 Å². The number of thioether (sulfide) groups is 1. The molecule has 86 valence electrons. The molecule has 2 N–H and O–H groups in total. The Bertz CT molecular complexity index is 120. The minimum Gasteiger partial charge on any atom is -0.395 e. The van der Waals surface area contributed by atoms with Gasteiger partial charge in [0, 0.05) is 6.04 Å². The number of rotatable bonds is 9. The first-order chi connectivity index (χ1) is 6.70. The zero-order valence-electron chi connectivity index (χ0n) is 9.75. The molecule has 0 fully saturated rings. The molecular weight excluding hydrogens is 194 g/mol. The van der Waals surface area contributed by atoms with Crippen molar-refractivity contribution in [3.8, 4) is 0 Å². The summed E-state index contributed by atoms with van der Waals surface area (Å²) in [5, 5.41) is 12.5. The van der Waals surface area contributed by atoms with Gasteiger partial charge in [-0.25, -0.2) is 0 Å². The van der Waals surface area contributed by atoms with Gasteiger partial charge in [-0.2, -0.15) is 11.8 Å². The summed E-state index contributed by atoms with van der Waals surface area (Å²) >= 11 is 1.90. The molecule has 14 heavy (non-hydrogen) atoms. The number of hydrogen-bond acceptors (Lipinski definition) is 3. The second-order valence-corrected chi connectivity index (χ2v) is 5.15. The maximum atomic E-state index is 9.11. The maximum Gasteiger partial charge on any atom is 0.0584 e. The Morgan fingerprint density at radius 1 is 1.29 bits per heavy atom. The van der Waals surface area contributed by atoms with Gasteiger partial charge in [-0.1, -0.05) is 13.8 Å². The van der Waals surface area contributed by atoms with Crippen LogP contribution in [0.1, 0.15) is 33.1 Å². The number of hydrogen-bond donors (Lipinski definition) is 2. The van der Waals surface area contributed by atoms with Gasteiger partial charge in [0.25, 0.3) is 0 Å². The van der Waals surface area contributed by atoms with Gasteiger partial charge >= 0.3 is 0 Å². The van der Waals surface area contributed by atoms with Crippen LogP contribution in [0.4, 0.5) is 0 Å². The van der Waals surface area contributed by atoms with E-state index in [0.29, 0.717) is 12.0 Å². The fraction of sp³-hybridized carbons (Fsp3) is 1.00. The molecule has 0 aliphatic heterocycles. The average Bonchev–Trinajstić information content (AvgIpc) is 2.15. The molecule has 0 rings (SSSR count). The van der Waals surface area contributed by atoms with Crippen LogP contribution in [-0.2, 0) is 0 Å². The van der Waals surface area contributed by atoms with E-state index in [2.05, 4.69) is 25.4 Å².